The predicted molar refractivity (Wildman–Crippen MR) is 78.7 cm³/mol. The molecule has 1 N–H and O–H groups in total. The third-order valence-electron chi connectivity index (χ3n) is 4.55. The van der Waals surface area contributed by atoms with Crippen molar-refractivity contribution in [3.8, 4) is 0 Å². The van der Waals surface area contributed by atoms with E-state index >= 15 is 0 Å². The Morgan fingerprint density at radius 2 is 1.75 bits per heavy atom. The van der Waals surface area contributed by atoms with Crippen molar-refractivity contribution in [2.45, 2.75) is 57.9 Å². The summed E-state index contributed by atoms with van der Waals surface area (Å²) in [4.78, 5) is 0. The molecule has 2 rings (SSSR count). The summed E-state index contributed by atoms with van der Waals surface area (Å²) in [5, 5.41) is 3.17. The fraction of sp³-hybridized carbons (Fsp3) is 0.647. The van der Waals surface area contributed by atoms with Crippen molar-refractivity contribution in [1.82, 2.24) is 5.32 Å². The minimum Gasteiger partial charge on any atom is -0.313 e. The molecule has 1 aromatic rings. The Morgan fingerprint density at radius 1 is 1.10 bits per heavy atom. The second kappa shape index (κ2) is 7.16. The number of hydrogen-bond donors (Lipinski definition) is 1. The lowest BCUT2D eigenvalue weighted by molar-refractivity contribution is 0.361. The highest BCUT2D eigenvalue weighted by Gasteiger charge is 2.21. The average Bonchev–Trinajstić information content (AvgIpc) is 2.69. The summed E-state index contributed by atoms with van der Waals surface area (Å²) >= 11 is 0. The van der Waals surface area contributed by atoms with Crippen molar-refractivity contribution in [2.24, 2.45) is 5.92 Å². The highest BCUT2D eigenvalue weighted by Crippen LogP contribution is 2.32. The SMILES string of the molecule is CNC(CC1CCCCCC1)c1cc(F)c(C)cc1F. The van der Waals surface area contributed by atoms with Crippen LogP contribution in [0, 0.1) is 24.5 Å². The van der Waals surface area contributed by atoms with Crippen LogP contribution in [0.2, 0.25) is 0 Å². The van der Waals surface area contributed by atoms with Gasteiger partial charge in [0.2, 0.25) is 0 Å². The molecule has 3 heteroatoms. The molecular formula is C17H25F2N. The minimum atomic E-state index is -0.317. The second-order valence-corrected chi connectivity index (χ2v) is 6.06. The molecule has 112 valence electrons. The number of benzene rings is 1. The molecule has 0 radical (unpaired) electrons. The van der Waals surface area contributed by atoms with Crippen LogP contribution in [-0.4, -0.2) is 7.05 Å². The van der Waals surface area contributed by atoms with Gasteiger partial charge < -0.3 is 5.32 Å². The van der Waals surface area contributed by atoms with E-state index in [0.29, 0.717) is 17.0 Å². The van der Waals surface area contributed by atoms with Crippen molar-refractivity contribution in [3.05, 3.63) is 34.9 Å². The van der Waals surface area contributed by atoms with E-state index in [2.05, 4.69) is 5.32 Å². The Bertz CT molecular complexity index is 437. The molecule has 1 atom stereocenters. The summed E-state index contributed by atoms with van der Waals surface area (Å²) in [6.07, 6.45) is 8.50. The van der Waals surface area contributed by atoms with Crippen LogP contribution < -0.4 is 5.32 Å². The molecule has 1 aromatic carbocycles. The van der Waals surface area contributed by atoms with Crippen molar-refractivity contribution in [3.63, 3.8) is 0 Å². The van der Waals surface area contributed by atoms with Gasteiger partial charge in [-0.05, 0) is 44.0 Å². The number of rotatable bonds is 4. The summed E-state index contributed by atoms with van der Waals surface area (Å²) < 4.78 is 27.8. The summed E-state index contributed by atoms with van der Waals surface area (Å²) in [6, 6.07) is 2.58. The number of halogens is 2. The van der Waals surface area contributed by atoms with Crippen molar-refractivity contribution in [1.29, 1.82) is 0 Å². The Kier molecular flexibility index (Phi) is 5.53. The summed E-state index contributed by atoms with van der Waals surface area (Å²) in [5.74, 6) is 0.0121. The number of aryl methyl sites for hydroxylation is 1. The van der Waals surface area contributed by atoms with E-state index in [1.165, 1.54) is 50.7 Å². The number of hydrogen-bond acceptors (Lipinski definition) is 1. The molecule has 0 aromatic heterocycles. The standard InChI is InChI=1S/C17H25F2N/c1-12-9-16(19)14(11-15(12)18)17(20-2)10-13-7-5-3-4-6-8-13/h9,11,13,17,20H,3-8,10H2,1-2H3. The summed E-state index contributed by atoms with van der Waals surface area (Å²) in [7, 11) is 1.83. The predicted octanol–water partition coefficient (Wildman–Crippen LogP) is 4.89. The van der Waals surface area contributed by atoms with Gasteiger partial charge >= 0.3 is 0 Å². The fourth-order valence-electron chi connectivity index (χ4n) is 3.26. The molecule has 1 saturated carbocycles. The van der Waals surface area contributed by atoms with E-state index < -0.39 is 0 Å². The van der Waals surface area contributed by atoms with E-state index in [-0.39, 0.29) is 17.7 Å². The van der Waals surface area contributed by atoms with Crippen molar-refractivity contribution >= 4 is 0 Å². The first-order chi connectivity index (χ1) is 9.61. The van der Waals surface area contributed by atoms with Crippen LogP contribution >= 0.6 is 0 Å². The molecule has 0 bridgehead atoms. The lowest BCUT2D eigenvalue weighted by Gasteiger charge is -2.23. The molecular weight excluding hydrogens is 256 g/mol. The maximum Gasteiger partial charge on any atom is 0.128 e. The van der Waals surface area contributed by atoms with Gasteiger partial charge in [0.25, 0.3) is 0 Å². The van der Waals surface area contributed by atoms with Crippen LogP contribution in [0.5, 0.6) is 0 Å². The molecule has 1 aliphatic carbocycles. The normalized spacial score (nSPS) is 18.8. The summed E-state index contributed by atoms with van der Waals surface area (Å²) in [5.41, 5.74) is 0.843. The summed E-state index contributed by atoms with van der Waals surface area (Å²) in [6.45, 7) is 1.60. The molecule has 1 nitrogen and oxygen atoms in total. The van der Waals surface area contributed by atoms with Gasteiger partial charge in [0, 0.05) is 11.6 Å². The van der Waals surface area contributed by atoms with Crippen LogP contribution in [0.4, 0.5) is 8.78 Å². The first-order valence-electron chi connectivity index (χ1n) is 7.74. The molecule has 1 aliphatic rings. The Morgan fingerprint density at radius 3 is 2.35 bits per heavy atom. The highest BCUT2D eigenvalue weighted by atomic mass is 19.1. The smallest absolute Gasteiger partial charge is 0.128 e. The largest absolute Gasteiger partial charge is 0.313 e. The molecule has 0 aliphatic heterocycles. The molecule has 1 unspecified atom stereocenters. The van der Waals surface area contributed by atoms with Gasteiger partial charge in [-0.25, -0.2) is 8.78 Å². The minimum absolute atomic E-state index is 0.0896. The third kappa shape index (κ3) is 3.78. The van der Waals surface area contributed by atoms with Gasteiger partial charge in [0.05, 0.1) is 0 Å². The van der Waals surface area contributed by atoms with Gasteiger partial charge in [0.15, 0.2) is 0 Å². The van der Waals surface area contributed by atoms with Crippen LogP contribution in [-0.2, 0) is 0 Å². The van der Waals surface area contributed by atoms with Crippen LogP contribution in [0.1, 0.15) is 62.1 Å². The van der Waals surface area contributed by atoms with E-state index in [4.69, 9.17) is 0 Å². The van der Waals surface area contributed by atoms with Crippen LogP contribution in [0.25, 0.3) is 0 Å². The lowest BCUT2D eigenvalue weighted by atomic mass is 9.89. The highest BCUT2D eigenvalue weighted by molar-refractivity contribution is 5.27. The van der Waals surface area contributed by atoms with Crippen LogP contribution in [0.3, 0.4) is 0 Å². The van der Waals surface area contributed by atoms with Gasteiger partial charge in [-0.15, -0.1) is 0 Å². The quantitative estimate of drug-likeness (QED) is 0.774. The van der Waals surface area contributed by atoms with Crippen molar-refractivity contribution in [2.75, 3.05) is 7.05 Å². The van der Waals surface area contributed by atoms with Gasteiger partial charge in [0.1, 0.15) is 11.6 Å². The Balaban J connectivity index is 2.13. The molecule has 0 spiro atoms. The van der Waals surface area contributed by atoms with Crippen molar-refractivity contribution < 1.29 is 8.78 Å². The fourth-order valence-corrected chi connectivity index (χ4v) is 3.26. The molecule has 0 saturated heterocycles. The maximum absolute atomic E-state index is 14.1. The Labute approximate surface area is 120 Å². The van der Waals surface area contributed by atoms with E-state index in [1.54, 1.807) is 6.92 Å². The zero-order valence-corrected chi connectivity index (χ0v) is 12.5. The average molecular weight is 281 g/mol. The first-order valence-corrected chi connectivity index (χ1v) is 7.74. The van der Waals surface area contributed by atoms with Gasteiger partial charge in [-0.3, -0.25) is 0 Å². The monoisotopic (exact) mass is 281 g/mol. The van der Waals surface area contributed by atoms with E-state index in [9.17, 15) is 8.78 Å². The topological polar surface area (TPSA) is 12.0 Å². The van der Waals surface area contributed by atoms with Gasteiger partial charge in [-0.2, -0.15) is 0 Å². The van der Waals surface area contributed by atoms with E-state index in [0.717, 1.165) is 6.42 Å². The molecule has 0 heterocycles. The number of nitrogens with one attached hydrogen (secondary N) is 1. The zero-order chi connectivity index (χ0) is 14.5. The third-order valence-corrected chi connectivity index (χ3v) is 4.55. The lowest BCUT2D eigenvalue weighted by Crippen LogP contribution is -2.21. The Hall–Kier alpha value is -0.960. The molecule has 0 amide bonds. The first kappa shape index (κ1) is 15.4. The molecule has 20 heavy (non-hydrogen) atoms. The van der Waals surface area contributed by atoms with E-state index in [1.807, 2.05) is 7.05 Å². The zero-order valence-electron chi connectivity index (χ0n) is 12.5. The second-order valence-electron chi connectivity index (χ2n) is 6.06. The van der Waals surface area contributed by atoms with Gasteiger partial charge in [-0.1, -0.05) is 38.5 Å². The van der Waals surface area contributed by atoms with Crippen LogP contribution in [0.15, 0.2) is 12.1 Å². The maximum atomic E-state index is 14.1. The molecule has 1 fully saturated rings.